The van der Waals surface area contributed by atoms with Gasteiger partial charge in [0.15, 0.2) is 5.01 Å². The second-order valence-electron chi connectivity index (χ2n) is 3.28. The van der Waals surface area contributed by atoms with E-state index in [4.69, 9.17) is 5.73 Å². The summed E-state index contributed by atoms with van der Waals surface area (Å²) < 4.78 is 37.1. The highest BCUT2D eigenvalue weighted by molar-refractivity contribution is 7.15. The van der Waals surface area contributed by atoms with Crippen LogP contribution in [0.4, 0.5) is 19.1 Å². The first kappa shape index (κ1) is 11.8. The average Bonchev–Trinajstić information content (AvgIpc) is 2.63. The summed E-state index contributed by atoms with van der Waals surface area (Å²) in [4.78, 5) is 11.3. The molecule has 0 atom stereocenters. The number of hydrogen-bond acceptors (Lipinski definition) is 5. The summed E-state index contributed by atoms with van der Waals surface area (Å²) in [6.07, 6.45) is -3.30. The Kier molecular flexibility index (Phi) is 2.74. The zero-order chi connectivity index (χ0) is 12.6. The maximum Gasteiger partial charge on any atom is 0.443 e. The molecule has 4 nitrogen and oxygen atoms in total. The summed E-state index contributed by atoms with van der Waals surface area (Å²) in [5, 5.41) is -0.901. The van der Waals surface area contributed by atoms with Crippen LogP contribution in [0.15, 0.2) is 12.3 Å². The molecule has 0 aliphatic heterocycles. The predicted octanol–water partition coefficient (Wildman–Crippen LogP) is 2.51. The van der Waals surface area contributed by atoms with Gasteiger partial charge >= 0.3 is 6.18 Å². The van der Waals surface area contributed by atoms with Gasteiger partial charge in [-0.3, -0.25) is 0 Å². The van der Waals surface area contributed by atoms with Crippen LogP contribution >= 0.6 is 11.3 Å². The zero-order valence-corrected chi connectivity index (χ0v) is 9.43. The quantitative estimate of drug-likeness (QED) is 0.855. The maximum absolute atomic E-state index is 12.4. The molecule has 0 saturated carbocycles. The Morgan fingerprint density at radius 3 is 2.53 bits per heavy atom. The SMILES string of the molecule is Cc1cc(-c2cnc(C(F)(F)F)s2)nc(N)n1. The van der Waals surface area contributed by atoms with E-state index in [2.05, 4.69) is 15.0 Å². The number of halogens is 3. The lowest BCUT2D eigenvalue weighted by Crippen LogP contribution is -2.02. The van der Waals surface area contributed by atoms with Gasteiger partial charge in [-0.25, -0.2) is 15.0 Å². The third-order valence-corrected chi connectivity index (χ3v) is 2.94. The van der Waals surface area contributed by atoms with Crippen molar-refractivity contribution in [2.24, 2.45) is 0 Å². The molecule has 0 bridgehead atoms. The van der Waals surface area contributed by atoms with Crippen molar-refractivity contribution in [2.75, 3.05) is 5.73 Å². The molecule has 0 aromatic carbocycles. The second-order valence-corrected chi connectivity index (χ2v) is 4.31. The Hall–Kier alpha value is -1.70. The van der Waals surface area contributed by atoms with Crippen molar-refractivity contribution in [3.8, 4) is 10.6 Å². The van der Waals surface area contributed by atoms with Crippen LogP contribution in [0, 0.1) is 6.92 Å². The number of nitrogens with two attached hydrogens (primary N) is 1. The molecule has 2 aromatic heterocycles. The minimum Gasteiger partial charge on any atom is -0.368 e. The molecule has 2 heterocycles. The van der Waals surface area contributed by atoms with E-state index in [9.17, 15) is 13.2 Å². The molecule has 0 aliphatic carbocycles. The molecule has 0 aliphatic rings. The van der Waals surface area contributed by atoms with E-state index in [-0.39, 0.29) is 5.95 Å². The van der Waals surface area contributed by atoms with Gasteiger partial charge in [-0.15, -0.1) is 11.3 Å². The van der Waals surface area contributed by atoms with Gasteiger partial charge in [0.25, 0.3) is 0 Å². The molecular weight excluding hydrogens is 253 g/mol. The number of hydrogen-bond donors (Lipinski definition) is 1. The summed E-state index contributed by atoms with van der Waals surface area (Å²) in [6.45, 7) is 1.69. The first-order chi connectivity index (χ1) is 7.86. The van der Waals surface area contributed by atoms with Gasteiger partial charge in [0.1, 0.15) is 0 Å². The standard InChI is InChI=1S/C9H7F3N4S/c1-4-2-5(16-8(13)15-4)6-3-14-7(17-6)9(10,11)12/h2-3H,1H3,(H2,13,15,16). The Morgan fingerprint density at radius 1 is 1.29 bits per heavy atom. The second kappa shape index (κ2) is 3.95. The van der Waals surface area contributed by atoms with Crippen molar-refractivity contribution >= 4 is 17.3 Å². The summed E-state index contributed by atoms with van der Waals surface area (Å²) in [5.41, 5.74) is 6.37. The number of nitrogen functional groups attached to an aromatic ring is 1. The lowest BCUT2D eigenvalue weighted by Gasteiger charge is -2.00. The number of aryl methyl sites for hydroxylation is 1. The van der Waals surface area contributed by atoms with E-state index in [0.29, 0.717) is 27.6 Å². The molecule has 0 amide bonds. The molecule has 8 heteroatoms. The van der Waals surface area contributed by atoms with Crippen molar-refractivity contribution in [3.63, 3.8) is 0 Å². The van der Waals surface area contributed by atoms with E-state index < -0.39 is 11.2 Å². The minimum atomic E-state index is -4.43. The Balaban J connectivity index is 2.44. The smallest absolute Gasteiger partial charge is 0.368 e. The number of aromatic nitrogens is 3. The van der Waals surface area contributed by atoms with Gasteiger partial charge < -0.3 is 5.73 Å². The monoisotopic (exact) mass is 260 g/mol. The molecule has 0 radical (unpaired) electrons. The maximum atomic E-state index is 12.4. The van der Waals surface area contributed by atoms with Crippen molar-refractivity contribution < 1.29 is 13.2 Å². The topological polar surface area (TPSA) is 64.7 Å². The van der Waals surface area contributed by atoms with Crippen LogP contribution in [0.1, 0.15) is 10.7 Å². The first-order valence-electron chi connectivity index (χ1n) is 4.51. The Morgan fingerprint density at radius 2 is 2.00 bits per heavy atom. The molecule has 0 spiro atoms. The number of anilines is 1. The summed E-state index contributed by atoms with van der Waals surface area (Å²) in [7, 11) is 0. The number of thiazole rings is 1. The number of alkyl halides is 3. The van der Waals surface area contributed by atoms with Crippen LogP contribution in [0.25, 0.3) is 10.6 Å². The molecule has 2 rings (SSSR count). The summed E-state index contributed by atoms with van der Waals surface area (Å²) in [6, 6.07) is 1.56. The van der Waals surface area contributed by atoms with Crippen molar-refractivity contribution in [1.82, 2.24) is 15.0 Å². The molecule has 2 aromatic rings. The first-order valence-corrected chi connectivity index (χ1v) is 5.32. The fraction of sp³-hybridized carbons (Fsp3) is 0.222. The van der Waals surface area contributed by atoms with Crippen molar-refractivity contribution in [3.05, 3.63) is 23.0 Å². The average molecular weight is 260 g/mol. The molecule has 0 fully saturated rings. The van der Waals surface area contributed by atoms with Gasteiger partial charge in [-0.1, -0.05) is 0 Å². The Bertz CT molecular complexity index is 529. The van der Waals surface area contributed by atoms with Gasteiger partial charge in [0.05, 0.1) is 10.6 Å². The van der Waals surface area contributed by atoms with E-state index in [1.165, 1.54) is 0 Å². The molecule has 17 heavy (non-hydrogen) atoms. The van der Waals surface area contributed by atoms with Crippen LogP contribution in [0.2, 0.25) is 0 Å². The molecule has 90 valence electrons. The van der Waals surface area contributed by atoms with Crippen LogP contribution in [0.3, 0.4) is 0 Å². The third-order valence-electron chi connectivity index (χ3n) is 1.87. The van der Waals surface area contributed by atoms with Crippen molar-refractivity contribution in [1.29, 1.82) is 0 Å². The fourth-order valence-corrected chi connectivity index (χ4v) is 1.99. The van der Waals surface area contributed by atoms with E-state index in [1.807, 2.05) is 0 Å². The van der Waals surface area contributed by atoms with Gasteiger partial charge in [0.2, 0.25) is 5.95 Å². The van der Waals surface area contributed by atoms with E-state index >= 15 is 0 Å². The molecular formula is C9H7F3N4S. The molecule has 2 N–H and O–H groups in total. The van der Waals surface area contributed by atoms with E-state index in [1.54, 1.807) is 13.0 Å². The normalized spacial score (nSPS) is 11.8. The largest absolute Gasteiger partial charge is 0.443 e. The van der Waals surface area contributed by atoms with Crippen LogP contribution in [0.5, 0.6) is 0 Å². The number of nitrogens with zero attached hydrogens (tertiary/aromatic N) is 3. The molecule has 0 saturated heterocycles. The van der Waals surface area contributed by atoms with Gasteiger partial charge in [-0.2, -0.15) is 13.2 Å². The van der Waals surface area contributed by atoms with Gasteiger partial charge in [0, 0.05) is 11.9 Å². The van der Waals surface area contributed by atoms with Crippen LogP contribution in [-0.4, -0.2) is 15.0 Å². The minimum absolute atomic E-state index is 0.0296. The summed E-state index contributed by atoms with van der Waals surface area (Å²) >= 11 is 0.528. The van der Waals surface area contributed by atoms with Crippen LogP contribution in [-0.2, 0) is 6.18 Å². The predicted molar refractivity (Wildman–Crippen MR) is 57.3 cm³/mol. The lowest BCUT2D eigenvalue weighted by atomic mass is 10.3. The van der Waals surface area contributed by atoms with E-state index in [0.717, 1.165) is 6.20 Å². The Labute approximate surface area is 98.4 Å². The third kappa shape index (κ3) is 2.52. The summed E-state index contributed by atoms with van der Waals surface area (Å²) in [5.74, 6) is 0.0296. The fourth-order valence-electron chi connectivity index (χ4n) is 1.24. The highest BCUT2D eigenvalue weighted by Crippen LogP contribution is 2.35. The zero-order valence-electron chi connectivity index (χ0n) is 8.62. The molecule has 0 unspecified atom stereocenters. The highest BCUT2D eigenvalue weighted by Gasteiger charge is 2.34. The highest BCUT2D eigenvalue weighted by atomic mass is 32.1. The van der Waals surface area contributed by atoms with Gasteiger partial charge in [-0.05, 0) is 13.0 Å². The lowest BCUT2D eigenvalue weighted by molar-refractivity contribution is -0.137. The van der Waals surface area contributed by atoms with Crippen molar-refractivity contribution in [2.45, 2.75) is 13.1 Å². The van der Waals surface area contributed by atoms with Crippen LogP contribution < -0.4 is 5.73 Å². The number of rotatable bonds is 1.